The first-order valence-electron chi connectivity index (χ1n) is 6.89. The highest BCUT2D eigenvalue weighted by atomic mass is 32.2. The molecule has 0 N–H and O–H groups in total. The van der Waals surface area contributed by atoms with Gasteiger partial charge >= 0.3 is 5.69 Å². The second-order valence-electron chi connectivity index (χ2n) is 4.77. The van der Waals surface area contributed by atoms with E-state index in [2.05, 4.69) is 9.97 Å². The number of nitro groups is 1. The molecule has 3 rings (SSSR count). The van der Waals surface area contributed by atoms with Gasteiger partial charge in [0.2, 0.25) is 5.82 Å². The Labute approximate surface area is 138 Å². The molecule has 1 aliphatic rings. The number of anilines is 1. The number of thiophene rings is 1. The van der Waals surface area contributed by atoms with E-state index in [4.69, 9.17) is 4.74 Å². The summed E-state index contributed by atoms with van der Waals surface area (Å²) in [7, 11) is -1.36. The minimum Gasteiger partial charge on any atom is -0.378 e. The molecule has 1 atom stereocenters. The van der Waals surface area contributed by atoms with Crippen molar-refractivity contribution in [1.82, 2.24) is 9.97 Å². The summed E-state index contributed by atoms with van der Waals surface area (Å²) in [6.07, 6.45) is 1.29. The lowest BCUT2D eigenvalue weighted by atomic mass is 10.3. The van der Waals surface area contributed by atoms with Crippen LogP contribution in [0.1, 0.15) is 5.69 Å². The summed E-state index contributed by atoms with van der Waals surface area (Å²) < 4.78 is 18.3. The predicted octanol–water partition coefficient (Wildman–Crippen LogP) is 1.59. The maximum Gasteiger partial charge on any atom is 0.333 e. The van der Waals surface area contributed by atoms with Crippen LogP contribution in [-0.2, 0) is 21.3 Å². The lowest BCUT2D eigenvalue weighted by Crippen LogP contribution is -2.37. The molecular formula is C13H14N4O4S2. The quantitative estimate of drug-likeness (QED) is 0.594. The topological polar surface area (TPSA) is 98.5 Å². The molecule has 0 saturated carbocycles. The second-order valence-corrected chi connectivity index (χ2v) is 7.40. The Morgan fingerprint density at radius 2 is 2.17 bits per heavy atom. The molecule has 3 heterocycles. The van der Waals surface area contributed by atoms with E-state index in [0.717, 1.165) is 0 Å². The highest BCUT2D eigenvalue weighted by Gasteiger charge is 2.28. The molecule has 2 aromatic heterocycles. The molecule has 0 spiro atoms. The van der Waals surface area contributed by atoms with Crippen molar-refractivity contribution in [2.24, 2.45) is 0 Å². The fourth-order valence-electron chi connectivity index (χ4n) is 2.29. The first-order chi connectivity index (χ1) is 11.2. The summed E-state index contributed by atoms with van der Waals surface area (Å²) in [5, 5.41) is 13.3. The number of ether oxygens (including phenoxy) is 1. The second kappa shape index (κ2) is 7.11. The number of hydrogen-bond donors (Lipinski definition) is 0. The molecule has 8 nitrogen and oxygen atoms in total. The van der Waals surface area contributed by atoms with Crippen LogP contribution in [0.2, 0.25) is 0 Å². The van der Waals surface area contributed by atoms with Gasteiger partial charge < -0.3 is 9.64 Å². The summed E-state index contributed by atoms with van der Waals surface area (Å²) in [6.45, 7) is 2.06. The Bertz CT molecular complexity index is 717. The van der Waals surface area contributed by atoms with E-state index in [1.807, 2.05) is 5.38 Å². The SMILES string of the molecule is O=[N+]([O-])c1c(CS(=O)c2cccs2)ncnc1N1CCOCC1. The fourth-order valence-corrected chi connectivity index (χ4v) is 4.35. The number of hydrogen-bond acceptors (Lipinski definition) is 8. The maximum absolute atomic E-state index is 12.3. The lowest BCUT2D eigenvalue weighted by molar-refractivity contribution is -0.385. The van der Waals surface area contributed by atoms with Crippen LogP contribution in [0.15, 0.2) is 28.0 Å². The molecular weight excluding hydrogens is 340 g/mol. The van der Waals surface area contributed by atoms with Crippen LogP contribution in [0, 0.1) is 10.1 Å². The summed E-state index contributed by atoms with van der Waals surface area (Å²) in [4.78, 5) is 20.9. The van der Waals surface area contributed by atoms with Gasteiger partial charge in [-0.1, -0.05) is 6.07 Å². The number of rotatable bonds is 5. The Morgan fingerprint density at radius 3 is 2.83 bits per heavy atom. The van der Waals surface area contributed by atoms with Crippen LogP contribution in [-0.4, -0.2) is 45.4 Å². The van der Waals surface area contributed by atoms with Crippen molar-refractivity contribution in [3.63, 3.8) is 0 Å². The average Bonchev–Trinajstić information content (AvgIpc) is 3.10. The monoisotopic (exact) mass is 354 g/mol. The van der Waals surface area contributed by atoms with E-state index in [1.54, 1.807) is 17.0 Å². The molecule has 1 fully saturated rings. The normalized spacial score (nSPS) is 16.3. The minimum absolute atomic E-state index is 0.00329. The number of aromatic nitrogens is 2. The summed E-state index contributed by atoms with van der Waals surface area (Å²) in [5.74, 6) is 0.267. The predicted molar refractivity (Wildman–Crippen MR) is 86.1 cm³/mol. The summed E-state index contributed by atoms with van der Waals surface area (Å²) in [6, 6.07) is 3.54. The Balaban J connectivity index is 1.93. The zero-order valence-electron chi connectivity index (χ0n) is 12.1. The van der Waals surface area contributed by atoms with E-state index in [0.29, 0.717) is 30.5 Å². The van der Waals surface area contributed by atoms with E-state index >= 15 is 0 Å². The van der Waals surface area contributed by atoms with E-state index < -0.39 is 15.7 Å². The van der Waals surface area contributed by atoms with Gasteiger partial charge in [-0.05, 0) is 11.4 Å². The molecule has 0 aliphatic carbocycles. The minimum atomic E-state index is -1.36. The fraction of sp³-hybridized carbons (Fsp3) is 0.385. The molecule has 0 amide bonds. The lowest BCUT2D eigenvalue weighted by Gasteiger charge is -2.27. The molecule has 1 saturated heterocycles. The van der Waals surface area contributed by atoms with Gasteiger partial charge in [-0.3, -0.25) is 14.3 Å². The van der Waals surface area contributed by atoms with Crippen molar-refractivity contribution in [3.8, 4) is 0 Å². The molecule has 1 aliphatic heterocycles. The van der Waals surface area contributed by atoms with Gasteiger partial charge in [0.15, 0.2) is 0 Å². The Morgan fingerprint density at radius 1 is 1.39 bits per heavy atom. The van der Waals surface area contributed by atoms with E-state index in [1.165, 1.54) is 17.7 Å². The van der Waals surface area contributed by atoms with Crippen molar-refractivity contribution in [3.05, 3.63) is 39.6 Å². The van der Waals surface area contributed by atoms with Gasteiger partial charge in [-0.25, -0.2) is 9.97 Å². The average molecular weight is 354 g/mol. The largest absolute Gasteiger partial charge is 0.378 e. The van der Waals surface area contributed by atoms with Gasteiger partial charge in [-0.15, -0.1) is 11.3 Å². The van der Waals surface area contributed by atoms with Crippen LogP contribution in [0.25, 0.3) is 0 Å². The zero-order chi connectivity index (χ0) is 16.2. The summed E-state index contributed by atoms with van der Waals surface area (Å²) >= 11 is 1.36. The van der Waals surface area contributed by atoms with Crippen molar-refractivity contribution in [2.45, 2.75) is 9.96 Å². The van der Waals surface area contributed by atoms with Crippen LogP contribution >= 0.6 is 11.3 Å². The number of morpholine rings is 1. The van der Waals surface area contributed by atoms with Crippen LogP contribution in [0.3, 0.4) is 0 Å². The van der Waals surface area contributed by atoms with Crippen molar-refractivity contribution in [1.29, 1.82) is 0 Å². The molecule has 23 heavy (non-hydrogen) atoms. The van der Waals surface area contributed by atoms with Crippen LogP contribution < -0.4 is 4.90 Å². The Hall–Kier alpha value is -1.91. The molecule has 1 unspecified atom stereocenters. The standard InChI is InChI=1S/C13H14N4O4S2/c18-17(19)12-10(8-23(20)11-2-1-7-22-11)14-9-15-13(12)16-3-5-21-6-4-16/h1-2,7,9H,3-6,8H2. The van der Waals surface area contributed by atoms with Gasteiger partial charge in [0.25, 0.3) is 0 Å². The summed E-state index contributed by atoms with van der Waals surface area (Å²) in [5.41, 5.74) is 0.0255. The van der Waals surface area contributed by atoms with Gasteiger partial charge in [0, 0.05) is 13.1 Å². The van der Waals surface area contributed by atoms with Gasteiger partial charge in [-0.2, -0.15) is 0 Å². The van der Waals surface area contributed by atoms with Gasteiger partial charge in [0.05, 0.1) is 38.9 Å². The van der Waals surface area contributed by atoms with E-state index in [-0.39, 0.29) is 23.0 Å². The maximum atomic E-state index is 12.3. The molecule has 0 aromatic carbocycles. The first kappa shape index (κ1) is 16.0. The van der Waals surface area contributed by atoms with Crippen LogP contribution in [0.5, 0.6) is 0 Å². The third kappa shape index (κ3) is 3.54. The van der Waals surface area contributed by atoms with Crippen molar-refractivity contribution in [2.75, 3.05) is 31.2 Å². The van der Waals surface area contributed by atoms with Crippen LogP contribution in [0.4, 0.5) is 11.5 Å². The Kier molecular flexibility index (Phi) is 4.94. The molecule has 122 valence electrons. The highest BCUT2D eigenvalue weighted by Crippen LogP contribution is 2.30. The molecule has 0 radical (unpaired) electrons. The molecule has 0 bridgehead atoms. The van der Waals surface area contributed by atoms with E-state index in [9.17, 15) is 14.3 Å². The first-order valence-corrected chi connectivity index (χ1v) is 9.09. The third-order valence-electron chi connectivity index (χ3n) is 3.36. The highest BCUT2D eigenvalue weighted by molar-refractivity contribution is 7.86. The zero-order valence-corrected chi connectivity index (χ0v) is 13.7. The van der Waals surface area contributed by atoms with Gasteiger partial charge in [0.1, 0.15) is 12.0 Å². The van der Waals surface area contributed by atoms with Crippen molar-refractivity contribution >= 4 is 33.6 Å². The number of nitrogens with zero attached hydrogens (tertiary/aromatic N) is 4. The molecule has 2 aromatic rings. The molecule has 10 heteroatoms. The van der Waals surface area contributed by atoms with Crippen molar-refractivity contribution < 1.29 is 13.9 Å². The third-order valence-corrected chi connectivity index (χ3v) is 5.99. The smallest absolute Gasteiger partial charge is 0.333 e.